The van der Waals surface area contributed by atoms with Gasteiger partial charge in [0.2, 0.25) is 0 Å². The number of nitrogens with zero attached hydrogens (tertiary/aromatic N) is 2. The van der Waals surface area contributed by atoms with Gasteiger partial charge in [-0.05, 0) is 17.5 Å². The third-order valence-corrected chi connectivity index (χ3v) is 4.51. The van der Waals surface area contributed by atoms with Crippen LogP contribution >= 0.6 is 0 Å². The van der Waals surface area contributed by atoms with Crippen LogP contribution in [0.25, 0.3) is 0 Å². The molecule has 0 spiro atoms. The Morgan fingerprint density at radius 1 is 1.08 bits per heavy atom. The molecular formula is C20H24N2O2. The second-order valence-electron chi connectivity index (χ2n) is 6.25. The minimum Gasteiger partial charge on any atom is -0.410 e. The van der Waals surface area contributed by atoms with E-state index in [0.29, 0.717) is 11.6 Å². The molecule has 1 N–H and O–H groups in total. The summed E-state index contributed by atoms with van der Waals surface area (Å²) in [5.41, 5.74) is 3.72. The summed E-state index contributed by atoms with van der Waals surface area (Å²) in [7, 11) is 0. The van der Waals surface area contributed by atoms with E-state index in [1.54, 1.807) is 0 Å². The molecule has 0 aromatic heterocycles. The summed E-state index contributed by atoms with van der Waals surface area (Å²) in [5.74, 6) is 0.416. The quantitative estimate of drug-likeness (QED) is 0.521. The Balaban J connectivity index is 1.78. The van der Waals surface area contributed by atoms with Gasteiger partial charge in [0.1, 0.15) is 5.71 Å². The van der Waals surface area contributed by atoms with E-state index in [4.69, 9.17) is 4.74 Å². The van der Waals surface area contributed by atoms with E-state index in [0.717, 1.165) is 44.0 Å². The van der Waals surface area contributed by atoms with Crippen molar-refractivity contribution in [3.63, 3.8) is 0 Å². The summed E-state index contributed by atoms with van der Waals surface area (Å²) in [6.45, 7) is 6.90. The van der Waals surface area contributed by atoms with Crippen LogP contribution in [0.15, 0.2) is 59.8 Å². The largest absolute Gasteiger partial charge is 0.410 e. The van der Waals surface area contributed by atoms with Gasteiger partial charge < -0.3 is 9.94 Å². The molecule has 0 aliphatic carbocycles. The van der Waals surface area contributed by atoms with Gasteiger partial charge in [0.05, 0.1) is 13.2 Å². The zero-order valence-electron chi connectivity index (χ0n) is 14.1. The van der Waals surface area contributed by atoms with Crippen LogP contribution in [-0.2, 0) is 4.74 Å². The highest BCUT2D eigenvalue weighted by molar-refractivity contribution is 6.12. The van der Waals surface area contributed by atoms with Crippen molar-refractivity contribution in [1.82, 2.24) is 4.90 Å². The summed E-state index contributed by atoms with van der Waals surface area (Å²) in [6.07, 6.45) is 0. The highest BCUT2D eigenvalue weighted by Gasteiger charge is 2.16. The first kappa shape index (κ1) is 16.7. The van der Waals surface area contributed by atoms with E-state index in [2.05, 4.69) is 29.1 Å². The Hall–Kier alpha value is -2.17. The van der Waals surface area contributed by atoms with Gasteiger partial charge in [-0.25, -0.2) is 0 Å². The molecule has 0 saturated carbocycles. The van der Waals surface area contributed by atoms with E-state index < -0.39 is 0 Å². The van der Waals surface area contributed by atoms with Crippen LogP contribution in [0.2, 0.25) is 0 Å². The highest BCUT2D eigenvalue weighted by atomic mass is 16.5. The Kier molecular flexibility index (Phi) is 5.62. The first-order valence-corrected chi connectivity index (χ1v) is 8.46. The fraction of sp³-hybridized carbons (Fsp3) is 0.350. The maximum Gasteiger partial charge on any atom is 0.117 e. The standard InChI is InChI=1S/C20H24N2O2/c1-16(15-22-10-12-24-13-11-22)18-8-5-9-19(14-18)20(21-23)17-6-3-2-4-7-17/h2-9,14,16,23H,10-13,15H2,1H3. The van der Waals surface area contributed by atoms with Gasteiger partial charge in [-0.15, -0.1) is 0 Å². The summed E-state index contributed by atoms with van der Waals surface area (Å²) in [6, 6.07) is 18.1. The van der Waals surface area contributed by atoms with E-state index in [9.17, 15) is 5.21 Å². The fourth-order valence-corrected chi connectivity index (χ4v) is 3.15. The molecule has 1 fully saturated rings. The first-order chi connectivity index (χ1) is 11.8. The van der Waals surface area contributed by atoms with Crippen molar-refractivity contribution >= 4 is 5.71 Å². The SMILES string of the molecule is CC(CN1CCOCC1)c1cccc(C(=NO)c2ccccc2)c1. The Labute approximate surface area is 143 Å². The third-order valence-electron chi connectivity index (χ3n) is 4.51. The molecule has 2 aromatic rings. The predicted octanol–water partition coefficient (Wildman–Crippen LogP) is 3.35. The number of rotatable bonds is 5. The second-order valence-corrected chi connectivity index (χ2v) is 6.25. The van der Waals surface area contributed by atoms with Crippen LogP contribution in [0.3, 0.4) is 0 Å². The fourth-order valence-electron chi connectivity index (χ4n) is 3.15. The lowest BCUT2D eigenvalue weighted by molar-refractivity contribution is 0.0357. The van der Waals surface area contributed by atoms with Gasteiger partial charge in [-0.1, -0.05) is 60.6 Å². The average Bonchev–Trinajstić information content (AvgIpc) is 2.64. The maximum absolute atomic E-state index is 9.49. The maximum atomic E-state index is 9.49. The molecule has 1 heterocycles. The molecule has 2 aromatic carbocycles. The van der Waals surface area contributed by atoms with E-state index in [-0.39, 0.29) is 0 Å². The molecule has 0 bridgehead atoms. The number of hydrogen-bond donors (Lipinski definition) is 1. The lowest BCUT2D eigenvalue weighted by Gasteiger charge is -2.29. The van der Waals surface area contributed by atoms with Crippen molar-refractivity contribution in [3.05, 3.63) is 71.3 Å². The molecule has 0 radical (unpaired) electrons. The highest BCUT2D eigenvalue weighted by Crippen LogP contribution is 2.20. The van der Waals surface area contributed by atoms with Crippen molar-refractivity contribution in [2.45, 2.75) is 12.8 Å². The molecule has 0 amide bonds. The zero-order chi connectivity index (χ0) is 16.8. The minimum absolute atomic E-state index is 0.416. The Morgan fingerprint density at radius 3 is 2.50 bits per heavy atom. The molecular weight excluding hydrogens is 300 g/mol. The molecule has 1 unspecified atom stereocenters. The molecule has 3 rings (SSSR count). The lowest BCUT2D eigenvalue weighted by atomic mass is 9.95. The summed E-state index contributed by atoms with van der Waals surface area (Å²) < 4.78 is 5.42. The number of benzene rings is 2. The predicted molar refractivity (Wildman–Crippen MR) is 96.0 cm³/mol. The Morgan fingerprint density at radius 2 is 1.79 bits per heavy atom. The van der Waals surface area contributed by atoms with Crippen molar-refractivity contribution in [3.8, 4) is 0 Å². The van der Waals surface area contributed by atoms with Crippen LogP contribution in [0.1, 0.15) is 29.5 Å². The van der Waals surface area contributed by atoms with Gasteiger partial charge in [0, 0.05) is 30.8 Å². The smallest absolute Gasteiger partial charge is 0.117 e. The number of morpholine rings is 1. The molecule has 1 saturated heterocycles. The van der Waals surface area contributed by atoms with Gasteiger partial charge in [-0.3, -0.25) is 4.90 Å². The van der Waals surface area contributed by atoms with Crippen molar-refractivity contribution in [2.75, 3.05) is 32.8 Å². The monoisotopic (exact) mass is 324 g/mol. The second kappa shape index (κ2) is 8.08. The first-order valence-electron chi connectivity index (χ1n) is 8.46. The summed E-state index contributed by atoms with van der Waals surface area (Å²) in [5, 5.41) is 13.0. The van der Waals surface area contributed by atoms with Crippen molar-refractivity contribution < 1.29 is 9.94 Å². The molecule has 1 atom stereocenters. The molecule has 4 heteroatoms. The molecule has 126 valence electrons. The Bertz CT molecular complexity index is 679. The molecule has 24 heavy (non-hydrogen) atoms. The number of ether oxygens (including phenoxy) is 1. The zero-order valence-corrected chi connectivity index (χ0v) is 14.1. The van der Waals surface area contributed by atoms with E-state index in [1.165, 1.54) is 5.56 Å². The minimum atomic E-state index is 0.416. The normalized spacial score (nSPS) is 17.6. The van der Waals surface area contributed by atoms with Crippen LogP contribution < -0.4 is 0 Å². The van der Waals surface area contributed by atoms with Crippen molar-refractivity contribution in [1.29, 1.82) is 0 Å². The van der Waals surface area contributed by atoms with Crippen LogP contribution in [0, 0.1) is 0 Å². The topological polar surface area (TPSA) is 45.1 Å². The van der Waals surface area contributed by atoms with Gasteiger partial charge in [-0.2, -0.15) is 0 Å². The van der Waals surface area contributed by atoms with Crippen molar-refractivity contribution in [2.24, 2.45) is 5.16 Å². The summed E-state index contributed by atoms with van der Waals surface area (Å²) >= 11 is 0. The molecule has 1 aliphatic heterocycles. The molecule has 4 nitrogen and oxygen atoms in total. The van der Waals surface area contributed by atoms with Gasteiger partial charge in [0.25, 0.3) is 0 Å². The van der Waals surface area contributed by atoms with E-state index in [1.807, 2.05) is 42.5 Å². The van der Waals surface area contributed by atoms with Crippen LogP contribution in [0.4, 0.5) is 0 Å². The summed E-state index contributed by atoms with van der Waals surface area (Å²) in [4.78, 5) is 2.44. The average molecular weight is 324 g/mol. The molecule has 1 aliphatic rings. The van der Waals surface area contributed by atoms with Gasteiger partial charge in [0.15, 0.2) is 0 Å². The number of hydrogen-bond acceptors (Lipinski definition) is 4. The van der Waals surface area contributed by atoms with Gasteiger partial charge >= 0.3 is 0 Å². The lowest BCUT2D eigenvalue weighted by Crippen LogP contribution is -2.38. The van der Waals surface area contributed by atoms with E-state index >= 15 is 0 Å². The third kappa shape index (κ3) is 4.02. The van der Waals surface area contributed by atoms with Crippen LogP contribution in [-0.4, -0.2) is 48.7 Å². The van der Waals surface area contributed by atoms with Crippen LogP contribution in [0.5, 0.6) is 0 Å². The number of oxime groups is 1.